The molecule has 3 atom stereocenters. The van der Waals surface area contributed by atoms with E-state index < -0.39 is 0 Å². The Bertz CT molecular complexity index is 1020. The third-order valence-corrected chi connectivity index (χ3v) is 7.33. The van der Waals surface area contributed by atoms with Crippen molar-refractivity contribution in [1.29, 1.82) is 0 Å². The number of nitrogens with zero attached hydrogens (tertiary/aromatic N) is 1. The molecule has 0 amide bonds. The highest BCUT2D eigenvalue weighted by molar-refractivity contribution is 5.99. The lowest BCUT2D eigenvalue weighted by Gasteiger charge is -2.20. The second-order valence-corrected chi connectivity index (χ2v) is 9.28. The number of benzene rings is 1. The summed E-state index contributed by atoms with van der Waals surface area (Å²) >= 11 is 0. The van der Waals surface area contributed by atoms with Gasteiger partial charge in [-0.1, -0.05) is 12.5 Å². The van der Waals surface area contributed by atoms with Crippen LogP contribution in [0.1, 0.15) is 59.4 Å². The summed E-state index contributed by atoms with van der Waals surface area (Å²) in [7, 11) is 0. The molecular formula is C25H29NO5. The average Bonchev–Trinajstić information content (AvgIpc) is 3.53. The van der Waals surface area contributed by atoms with Crippen LogP contribution in [0, 0.1) is 31.6 Å². The highest BCUT2D eigenvalue weighted by Crippen LogP contribution is 2.49. The Kier molecular flexibility index (Phi) is 5.24. The third-order valence-electron chi connectivity index (χ3n) is 7.33. The predicted molar refractivity (Wildman–Crippen MR) is 114 cm³/mol. The quantitative estimate of drug-likeness (QED) is 0.487. The van der Waals surface area contributed by atoms with Crippen LogP contribution in [0.15, 0.2) is 24.3 Å². The molecule has 3 unspecified atom stereocenters. The summed E-state index contributed by atoms with van der Waals surface area (Å²) in [4.78, 5) is 25.1. The number of hydrogen-bond donors (Lipinski definition) is 0. The Morgan fingerprint density at radius 1 is 1.10 bits per heavy atom. The smallest absolute Gasteiger partial charge is 0.306 e. The number of aryl methyl sites for hydroxylation is 1. The minimum absolute atomic E-state index is 0.147. The van der Waals surface area contributed by atoms with Gasteiger partial charge in [0.25, 0.3) is 0 Å². The first-order chi connectivity index (χ1) is 15.0. The number of ether oxygens (including phenoxy) is 3. The second-order valence-electron chi connectivity index (χ2n) is 9.28. The van der Waals surface area contributed by atoms with Gasteiger partial charge in [0.15, 0.2) is 18.1 Å². The monoisotopic (exact) mass is 423 g/mol. The van der Waals surface area contributed by atoms with Crippen LogP contribution in [0.2, 0.25) is 0 Å². The van der Waals surface area contributed by atoms with Crippen molar-refractivity contribution in [1.82, 2.24) is 4.57 Å². The summed E-state index contributed by atoms with van der Waals surface area (Å²) in [5.74, 6) is 3.06. The predicted octanol–water partition coefficient (Wildman–Crippen LogP) is 4.43. The first-order valence-electron chi connectivity index (χ1n) is 11.2. The van der Waals surface area contributed by atoms with Gasteiger partial charge in [-0.15, -0.1) is 0 Å². The Balaban J connectivity index is 1.20. The van der Waals surface area contributed by atoms with Gasteiger partial charge < -0.3 is 18.8 Å². The van der Waals surface area contributed by atoms with Crippen LogP contribution in [0.3, 0.4) is 0 Å². The molecule has 1 aromatic heterocycles. The number of carbonyl (C=O) groups is 2. The first-order valence-corrected chi connectivity index (χ1v) is 11.2. The average molecular weight is 424 g/mol. The minimum Gasteiger partial charge on any atom is -0.457 e. The van der Waals surface area contributed by atoms with Gasteiger partial charge in [0, 0.05) is 29.9 Å². The lowest BCUT2D eigenvalue weighted by atomic mass is 9.86. The lowest BCUT2D eigenvalue weighted by Crippen LogP contribution is -2.20. The molecule has 2 bridgehead atoms. The largest absolute Gasteiger partial charge is 0.457 e. The molecule has 5 rings (SSSR count). The summed E-state index contributed by atoms with van der Waals surface area (Å²) in [6.07, 6.45) is 5.44. The van der Waals surface area contributed by atoms with Crippen molar-refractivity contribution in [2.24, 2.45) is 17.8 Å². The van der Waals surface area contributed by atoms with Crippen molar-refractivity contribution in [3.8, 4) is 11.5 Å². The maximum atomic E-state index is 12.8. The topological polar surface area (TPSA) is 66.8 Å². The van der Waals surface area contributed by atoms with E-state index in [9.17, 15) is 9.59 Å². The Morgan fingerprint density at radius 2 is 1.94 bits per heavy atom. The van der Waals surface area contributed by atoms with Crippen molar-refractivity contribution < 1.29 is 23.8 Å². The third kappa shape index (κ3) is 3.95. The number of esters is 1. The zero-order valence-electron chi connectivity index (χ0n) is 18.2. The summed E-state index contributed by atoms with van der Waals surface area (Å²) < 4.78 is 18.3. The Labute approximate surface area is 182 Å². The van der Waals surface area contributed by atoms with Crippen LogP contribution < -0.4 is 9.47 Å². The first kappa shape index (κ1) is 20.2. The van der Waals surface area contributed by atoms with E-state index in [0.717, 1.165) is 40.8 Å². The molecular weight excluding hydrogens is 394 g/mol. The van der Waals surface area contributed by atoms with Crippen molar-refractivity contribution >= 4 is 11.8 Å². The van der Waals surface area contributed by atoms with Gasteiger partial charge in [0.05, 0.1) is 0 Å². The van der Waals surface area contributed by atoms with Crippen LogP contribution in [0.25, 0.3) is 0 Å². The molecule has 2 heterocycles. The maximum Gasteiger partial charge on any atom is 0.306 e. The Hall–Kier alpha value is -2.76. The van der Waals surface area contributed by atoms with E-state index in [0.29, 0.717) is 30.4 Å². The van der Waals surface area contributed by atoms with Gasteiger partial charge in [-0.3, -0.25) is 9.59 Å². The van der Waals surface area contributed by atoms with E-state index in [1.807, 2.05) is 38.1 Å². The maximum absolute atomic E-state index is 12.8. The molecule has 0 N–H and O–H groups in total. The standard InChI is InChI=1S/C25H29NO5/c1-15-7-21(16(2)26(15)12-18-4-6-23-24(10-18)31-14-30-23)22(27)13-29-25(28)11-20-9-17-3-5-19(20)8-17/h4,6-7,10,17,19-20H,3,5,8-9,11-14H2,1-2H3. The molecule has 2 saturated carbocycles. The fraction of sp³-hybridized carbons (Fsp3) is 0.520. The van der Waals surface area contributed by atoms with Gasteiger partial charge in [-0.05, 0) is 74.6 Å². The lowest BCUT2D eigenvalue weighted by molar-refractivity contribution is -0.144. The minimum atomic E-state index is -0.236. The van der Waals surface area contributed by atoms with Crippen molar-refractivity contribution in [2.75, 3.05) is 13.4 Å². The Morgan fingerprint density at radius 3 is 2.71 bits per heavy atom. The van der Waals surface area contributed by atoms with Gasteiger partial charge in [-0.25, -0.2) is 0 Å². The van der Waals surface area contributed by atoms with E-state index in [1.54, 1.807) is 0 Å². The number of carbonyl (C=O) groups excluding carboxylic acids is 2. The summed E-state index contributed by atoms with van der Waals surface area (Å²) in [6, 6.07) is 7.77. The number of rotatable bonds is 7. The van der Waals surface area contributed by atoms with Gasteiger partial charge in [0.1, 0.15) is 0 Å². The molecule has 6 nitrogen and oxygen atoms in total. The number of aromatic nitrogens is 1. The molecule has 1 aliphatic heterocycles. The van der Waals surface area contributed by atoms with E-state index in [1.165, 1.54) is 19.3 Å². The number of Topliss-reactive ketones (excluding diaryl/α,β-unsaturated/α-hetero) is 1. The summed E-state index contributed by atoms with van der Waals surface area (Å²) in [5, 5.41) is 0. The van der Waals surface area contributed by atoms with E-state index in [2.05, 4.69) is 4.57 Å². The fourth-order valence-electron chi connectivity index (χ4n) is 5.67. The molecule has 0 saturated heterocycles. The fourth-order valence-corrected chi connectivity index (χ4v) is 5.67. The zero-order valence-corrected chi connectivity index (χ0v) is 18.2. The molecule has 2 fully saturated rings. The number of hydrogen-bond acceptors (Lipinski definition) is 5. The molecule has 31 heavy (non-hydrogen) atoms. The molecule has 2 aromatic rings. The van der Waals surface area contributed by atoms with Crippen molar-refractivity contribution in [3.63, 3.8) is 0 Å². The second kappa shape index (κ2) is 8.06. The highest BCUT2D eigenvalue weighted by Gasteiger charge is 2.40. The van der Waals surface area contributed by atoms with Crippen LogP contribution in [-0.4, -0.2) is 29.7 Å². The molecule has 0 radical (unpaired) electrons. The van der Waals surface area contributed by atoms with Crippen LogP contribution in [-0.2, 0) is 16.1 Å². The normalized spacial score (nSPS) is 23.4. The van der Waals surface area contributed by atoms with E-state index in [-0.39, 0.29) is 25.2 Å². The number of fused-ring (bicyclic) bond motifs is 3. The van der Waals surface area contributed by atoms with Crippen LogP contribution in [0.4, 0.5) is 0 Å². The van der Waals surface area contributed by atoms with Gasteiger partial charge in [0.2, 0.25) is 12.6 Å². The van der Waals surface area contributed by atoms with Crippen LogP contribution >= 0.6 is 0 Å². The van der Waals surface area contributed by atoms with Crippen LogP contribution in [0.5, 0.6) is 11.5 Å². The molecule has 0 spiro atoms. The highest BCUT2D eigenvalue weighted by atomic mass is 16.7. The van der Waals surface area contributed by atoms with E-state index in [4.69, 9.17) is 14.2 Å². The number of ketones is 1. The molecule has 1 aromatic carbocycles. The molecule has 2 aliphatic carbocycles. The molecule has 3 aliphatic rings. The van der Waals surface area contributed by atoms with Gasteiger partial charge >= 0.3 is 5.97 Å². The van der Waals surface area contributed by atoms with E-state index >= 15 is 0 Å². The van der Waals surface area contributed by atoms with Crippen molar-refractivity contribution in [2.45, 2.75) is 52.5 Å². The van der Waals surface area contributed by atoms with Crippen molar-refractivity contribution in [3.05, 3.63) is 46.8 Å². The summed E-state index contributed by atoms with van der Waals surface area (Å²) in [6.45, 7) is 4.61. The van der Waals surface area contributed by atoms with Gasteiger partial charge in [-0.2, -0.15) is 0 Å². The summed E-state index contributed by atoms with van der Waals surface area (Å²) in [5.41, 5.74) is 3.56. The zero-order chi connectivity index (χ0) is 21.5. The SMILES string of the molecule is Cc1cc(C(=O)COC(=O)CC2CC3CCC2C3)c(C)n1Cc1ccc2c(c1)OCO2. The molecule has 6 heteroatoms. The molecule has 164 valence electrons.